The smallest absolute Gasteiger partial charge is 0.236 e. The molecule has 0 saturated heterocycles. The fourth-order valence-electron chi connectivity index (χ4n) is 2.85. The van der Waals surface area contributed by atoms with E-state index < -0.39 is 5.41 Å². The summed E-state index contributed by atoms with van der Waals surface area (Å²) in [6.07, 6.45) is 3.10. The lowest BCUT2D eigenvalue weighted by atomic mass is 10.0. The number of nitrogens with zero attached hydrogens (tertiary/aromatic N) is 2. The molecular formula is C19H19N3O3. The summed E-state index contributed by atoms with van der Waals surface area (Å²) < 4.78 is 10.7. The molecule has 4 rings (SSSR count). The Labute approximate surface area is 145 Å². The number of benzene rings is 1. The quantitative estimate of drug-likeness (QED) is 0.769. The van der Waals surface area contributed by atoms with E-state index in [1.54, 1.807) is 24.5 Å². The van der Waals surface area contributed by atoms with Crippen molar-refractivity contribution >= 4 is 17.3 Å². The number of rotatable bonds is 5. The highest BCUT2D eigenvalue weighted by Gasteiger charge is 2.54. The van der Waals surface area contributed by atoms with Crippen molar-refractivity contribution in [1.29, 1.82) is 0 Å². The Morgan fingerprint density at radius 3 is 2.52 bits per heavy atom. The summed E-state index contributed by atoms with van der Waals surface area (Å²) in [7, 11) is 3.96. The molecule has 6 nitrogen and oxygen atoms in total. The molecule has 1 saturated carbocycles. The zero-order chi connectivity index (χ0) is 17.4. The Bertz CT molecular complexity index is 875. The summed E-state index contributed by atoms with van der Waals surface area (Å²) >= 11 is 0. The molecule has 0 atom stereocenters. The van der Waals surface area contributed by atoms with Crippen LogP contribution in [0.2, 0.25) is 0 Å². The molecule has 128 valence electrons. The molecule has 1 amide bonds. The molecule has 6 heteroatoms. The van der Waals surface area contributed by atoms with Gasteiger partial charge in [0.25, 0.3) is 0 Å². The predicted molar refractivity (Wildman–Crippen MR) is 94.5 cm³/mol. The first-order valence-corrected chi connectivity index (χ1v) is 8.18. The lowest BCUT2D eigenvalue weighted by Crippen LogP contribution is -2.28. The van der Waals surface area contributed by atoms with Gasteiger partial charge in [0.2, 0.25) is 11.7 Å². The third-order valence-electron chi connectivity index (χ3n) is 4.59. The summed E-state index contributed by atoms with van der Waals surface area (Å²) in [6.45, 7) is 0. The second kappa shape index (κ2) is 5.81. The average Bonchev–Trinajstić information content (AvgIpc) is 3.02. The number of hydrogen-bond acceptors (Lipinski definition) is 5. The van der Waals surface area contributed by atoms with Gasteiger partial charge >= 0.3 is 0 Å². The lowest BCUT2D eigenvalue weighted by Gasteiger charge is -2.15. The highest BCUT2D eigenvalue weighted by atomic mass is 16.5. The van der Waals surface area contributed by atoms with Gasteiger partial charge in [-0.1, -0.05) is 5.16 Å². The SMILES string of the molecule is CN(C)c1ccc(NC(=O)C2(c3cc(-c4ccco4)on3)CC2)cc1. The van der Waals surface area contributed by atoms with Gasteiger partial charge in [-0.25, -0.2) is 0 Å². The maximum atomic E-state index is 12.8. The standard InChI is InChI=1S/C19H19N3O3/c1-22(2)14-7-5-13(6-8-14)20-18(23)19(9-10-19)17-12-16(25-21-17)15-4-3-11-24-15/h3-8,11-12H,9-10H2,1-2H3,(H,20,23). The van der Waals surface area contributed by atoms with Crippen molar-refractivity contribution in [1.82, 2.24) is 5.16 Å². The van der Waals surface area contributed by atoms with E-state index in [2.05, 4.69) is 10.5 Å². The normalized spacial score (nSPS) is 15.0. The Hall–Kier alpha value is -3.02. The second-order valence-corrected chi connectivity index (χ2v) is 6.53. The van der Waals surface area contributed by atoms with E-state index in [0.717, 1.165) is 24.2 Å². The summed E-state index contributed by atoms with van der Waals surface area (Å²) in [5.41, 5.74) is 1.91. The molecule has 0 unspecified atom stereocenters. The highest BCUT2D eigenvalue weighted by Crippen LogP contribution is 2.49. The molecular weight excluding hydrogens is 318 g/mol. The van der Waals surface area contributed by atoms with Gasteiger partial charge in [0.1, 0.15) is 0 Å². The lowest BCUT2D eigenvalue weighted by molar-refractivity contribution is -0.118. The third kappa shape index (κ3) is 2.80. The van der Waals surface area contributed by atoms with E-state index in [1.165, 1.54) is 0 Å². The molecule has 1 aliphatic rings. The Morgan fingerprint density at radius 2 is 1.92 bits per heavy atom. The van der Waals surface area contributed by atoms with Gasteiger partial charge in [0.15, 0.2) is 5.76 Å². The fourth-order valence-corrected chi connectivity index (χ4v) is 2.85. The van der Waals surface area contributed by atoms with Crippen molar-refractivity contribution in [2.24, 2.45) is 0 Å². The molecule has 1 fully saturated rings. The van der Waals surface area contributed by atoms with E-state index in [1.807, 2.05) is 43.3 Å². The first-order valence-electron chi connectivity index (χ1n) is 8.18. The van der Waals surface area contributed by atoms with E-state index in [0.29, 0.717) is 17.2 Å². The molecule has 0 radical (unpaired) electrons. The van der Waals surface area contributed by atoms with Gasteiger partial charge < -0.3 is 19.2 Å². The topological polar surface area (TPSA) is 71.5 Å². The first kappa shape index (κ1) is 15.5. The minimum atomic E-state index is -0.603. The summed E-state index contributed by atoms with van der Waals surface area (Å²) in [5, 5.41) is 7.09. The molecule has 2 heterocycles. The van der Waals surface area contributed by atoms with Crippen molar-refractivity contribution in [2.75, 3.05) is 24.3 Å². The maximum Gasteiger partial charge on any atom is 0.236 e. The second-order valence-electron chi connectivity index (χ2n) is 6.53. The molecule has 1 aliphatic carbocycles. The van der Waals surface area contributed by atoms with E-state index >= 15 is 0 Å². The Balaban J connectivity index is 1.51. The number of aromatic nitrogens is 1. The van der Waals surface area contributed by atoms with Gasteiger partial charge in [-0.05, 0) is 49.2 Å². The molecule has 25 heavy (non-hydrogen) atoms. The van der Waals surface area contributed by atoms with Gasteiger partial charge in [-0.2, -0.15) is 0 Å². The number of carbonyl (C=O) groups excluding carboxylic acids is 1. The van der Waals surface area contributed by atoms with Crippen LogP contribution >= 0.6 is 0 Å². The molecule has 3 aromatic rings. The van der Waals surface area contributed by atoms with Crippen molar-refractivity contribution in [2.45, 2.75) is 18.3 Å². The zero-order valence-corrected chi connectivity index (χ0v) is 14.2. The van der Waals surface area contributed by atoms with E-state index in [9.17, 15) is 4.79 Å². The Morgan fingerprint density at radius 1 is 1.16 bits per heavy atom. The maximum absolute atomic E-state index is 12.8. The van der Waals surface area contributed by atoms with Crippen LogP contribution in [0.4, 0.5) is 11.4 Å². The van der Waals surface area contributed by atoms with Crippen LogP contribution in [-0.4, -0.2) is 25.2 Å². The molecule has 2 aromatic heterocycles. The fraction of sp³-hybridized carbons (Fsp3) is 0.263. The molecule has 0 spiro atoms. The first-order chi connectivity index (χ1) is 12.1. The summed E-state index contributed by atoms with van der Waals surface area (Å²) in [6, 6.07) is 13.1. The monoisotopic (exact) mass is 337 g/mol. The molecule has 0 aliphatic heterocycles. The van der Waals surface area contributed by atoms with Gasteiger partial charge in [-0.3, -0.25) is 4.79 Å². The van der Waals surface area contributed by atoms with Crippen LogP contribution in [0.1, 0.15) is 18.5 Å². The number of carbonyl (C=O) groups is 1. The largest absolute Gasteiger partial charge is 0.461 e. The molecule has 1 N–H and O–H groups in total. The van der Waals surface area contributed by atoms with Gasteiger partial charge in [0, 0.05) is 31.5 Å². The van der Waals surface area contributed by atoms with E-state index in [4.69, 9.17) is 8.94 Å². The average molecular weight is 337 g/mol. The zero-order valence-electron chi connectivity index (χ0n) is 14.2. The minimum Gasteiger partial charge on any atom is -0.461 e. The van der Waals surface area contributed by atoms with Crippen LogP contribution in [0.3, 0.4) is 0 Å². The van der Waals surface area contributed by atoms with Crippen molar-refractivity contribution in [3.05, 3.63) is 54.4 Å². The number of amides is 1. The van der Waals surface area contributed by atoms with Crippen LogP contribution in [-0.2, 0) is 10.2 Å². The summed E-state index contributed by atoms with van der Waals surface area (Å²) in [4.78, 5) is 14.8. The van der Waals surface area contributed by atoms with Crippen LogP contribution in [0, 0.1) is 0 Å². The highest BCUT2D eigenvalue weighted by molar-refractivity contribution is 6.01. The van der Waals surface area contributed by atoms with E-state index in [-0.39, 0.29) is 5.91 Å². The molecule has 1 aromatic carbocycles. The minimum absolute atomic E-state index is 0.0515. The van der Waals surface area contributed by atoms with Gasteiger partial charge in [-0.15, -0.1) is 0 Å². The van der Waals surface area contributed by atoms with Crippen LogP contribution < -0.4 is 10.2 Å². The number of anilines is 2. The number of hydrogen-bond donors (Lipinski definition) is 1. The predicted octanol–water partition coefficient (Wildman–Crippen LogP) is 3.67. The van der Waals surface area contributed by atoms with Crippen LogP contribution in [0.25, 0.3) is 11.5 Å². The van der Waals surface area contributed by atoms with Gasteiger partial charge in [0.05, 0.1) is 17.4 Å². The van der Waals surface area contributed by atoms with Crippen LogP contribution in [0.5, 0.6) is 0 Å². The summed E-state index contributed by atoms with van der Waals surface area (Å²) in [5.74, 6) is 1.09. The Kier molecular flexibility index (Phi) is 3.60. The van der Waals surface area contributed by atoms with Crippen molar-refractivity contribution in [3.63, 3.8) is 0 Å². The van der Waals surface area contributed by atoms with Crippen LogP contribution in [0.15, 0.2) is 57.7 Å². The number of furan rings is 1. The van der Waals surface area contributed by atoms with Crippen molar-refractivity contribution in [3.8, 4) is 11.5 Å². The third-order valence-corrected chi connectivity index (χ3v) is 4.59. The molecule has 0 bridgehead atoms. The number of nitrogens with one attached hydrogen (secondary N) is 1. The van der Waals surface area contributed by atoms with Crippen molar-refractivity contribution < 1.29 is 13.7 Å².